The highest BCUT2D eigenvalue weighted by Gasteiger charge is 2.50. The minimum Gasteiger partial charge on any atom is -0.478 e. The summed E-state index contributed by atoms with van der Waals surface area (Å²) in [5.74, 6) is -1.41. The predicted molar refractivity (Wildman–Crippen MR) is 133 cm³/mol. The van der Waals surface area contributed by atoms with Crippen LogP contribution in [-0.4, -0.2) is 27.1 Å². The number of aryl methyl sites for hydroxylation is 2. The number of nitrogens with zero attached hydrogens (tertiary/aromatic N) is 2. The standard InChI is InChI=1S/C29H25F3N2O4/c1-19-17-20(2)34-27(33-19)38-25(26(35)36)28(22-11-7-4-8-12-22,37-18-21-9-5-3-6-10-21)23-13-15-24(16-14-23)29(30,31)32/h3-17,25H,18H2,1-2H3,(H,35,36)/t25-,28+/m1/s1. The smallest absolute Gasteiger partial charge is 0.416 e. The number of carboxylic acid groups (broad SMARTS) is 1. The third kappa shape index (κ3) is 5.84. The molecule has 0 radical (unpaired) electrons. The van der Waals surface area contributed by atoms with E-state index in [-0.39, 0.29) is 18.2 Å². The van der Waals surface area contributed by atoms with Gasteiger partial charge in [0.25, 0.3) is 0 Å². The lowest BCUT2D eigenvalue weighted by Gasteiger charge is -2.39. The van der Waals surface area contributed by atoms with Gasteiger partial charge in [-0.2, -0.15) is 13.2 Å². The first-order chi connectivity index (χ1) is 18.1. The predicted octanol–water partition coefficient (Wildman–Crippen LogP) is 6.10. The van der Waals surface area contributed by atoms with Crippen LogP contribution in [0.1, 0.15) is 33.6 Å². The van der Waals surface area contributed by atoms with E-state index < -0.39 is 29.4 Å². The second-order valence-corrected chi connectivity index (χ2v) is 8.72. The first kappa shape index (κ1) is 26.8. The Morgan fingerprint density at radius 1 is 0.816 bits per heavy atom. The molecule has 0 fully saturated rings. The van der Waals surface area contributed by atoms with Gasteiger partial charge in [-0.05, 0) is 48.7 Å². The maximum Gasteiger partial charge on any atom is 0.416 e. The largest absolute Gasteiger partial charge is 0.478 e. The molecular formula is C29H25F3N2O4. The van der Waals surface area contributed by atoms with Gasteiger partial charge in [0, 0.05) is 11.4 Å². The summed E-state index contributed by atoms with van der Waals surface area (Å²) in [5.41, 5.74) is -0.392. The highest BCUT2D eigenvalue weighted by molar-refractivity contribution is 5.76. The molecular weight excluding hydrogens is 497 g/mol. The fourth-order valence-electron chi connectivity index (χ4n) is 4.23. The molecule has 0 aliphatic rings. The highest BCUT2D eigenvalue weighted by Crippen LogP contribution is 2.41. The van der Waals surface area contributed by atoms with Gasteiger partial charge in [0.2, 0.25) is 6.10 Å². The van der Waals surface area contributed by atoms with E-state index in [1.165, 1.54) is 12.1 Å². The Labute approximate surface area is 217 Å². The van der Waals surface area contributed by atoms with E-state index in [0.717, 1.165) is 17.7 Å². The molecule has 1 N–H and O–H groups in total. The molecule has 0 saturated carbocycles. The molecule has 1 heterocycles. The van der Waals surface area contributed by atoms with E-state index in [4.69, 9.17) is 9.47 Å². The van der Waals surface area contributed by atoms with E-state index in [1.54, 1.807) is 74.5 Å². The van der Waals surface area contributed by atoms with Crippen LogP contribution in [0.2, 0.25) is 0 Å². The molecule has 1 aromatic heterocycles. The second kappa shape index (κ2) is 11.0. The number of hydrogen-bond acceptors (Lipinski definition) is 5. The van der Waals surface area contributed by atoms with E-state index >= 15 is 0 Å². The number of benzene rings is 3. The summed E-state index contributed by atoms with van der Waals surface area (Å²) in [6.45, 7) is 3.37. The van der Waals surface area contributed by atoms with Crippen molar-refractivity contribution in [3.05, 3.63) is 125 Å². The summed E-state index contributed by atoms with van der Waals surface area (Å²) in [6.07, 6.45) is -6.35. The molecule has 0 aliphatic heterocycles. The van der Waals surface area contributed by atoms with Gasteiger partial charge in [-0.3, -0.25) is 0 Å². The molecule has 0 aliphatic carbocycles. The number of aromatic nitrogens is 2. The Kier molecular flexibility index (Phi) is 7.78. The van der Waals surface area contributed by atoms with Gasteiger partial charge >= 0.3 is 18.2 Å². The van der Waals surface area contributed by atoms with E-state index in [0.29, 0.717) is 17.0 Å². The van der Waals surface area contributed by atoms with Gasteiger partial charge < -0.3 is 14.6 Å². The monoisotopic (exact) mass is 522 g/mol. The van der Waals surface area contributed by atoms with E-state index in [1.807, 2.05) is 6.07 Å². The number of rotatable bonds is 9. The van der Waals surface area contributed by atoms with Gasteiger partial charge in [-0.1, -0.05) is 72.8 Å². The Morgan fingerprint density at radius 2 is 1.32 bits per heavy atom. The van der Waals surface area contributed by atoms with Crippen molar-refractivity contribution in [3.8, 4) is 6.01 Å². The minimum absolute atomic E-state index is 0.0579. The Bertz CT molecular complexity index is 1360. The van der Waals surface area contributed by atoms with E-state index in [2.05, 4.69) is 9.97 Å². The first-order valence-corrected chi connectivity index (χ1v) is 11.7. The lowest BCUT2D eigenvalue weighted by atomic mass is 9.80. The third-order valence-corrected chi connectivity index (χ3v) is 5.93. The summed E-state index contributed by atoms with van der Waals surface area (Å²) < 4.78 is 52.5. The molecule has 0 bridgehead atoms. The van der Waals surface area contributed by atoms with Crippen molar-refractivity contribution >= 4 is 5.97 Å². The molecule has 0 saturated heterocycles. The van der Waals surface area contributed by atoms with Crippen LogP contribution in [0.25, 0.3) is 0 Å². The van der Waals surface area contributed by atoms with Gasteiger partial charge in [0.15, 0.2) is 5.60 Å². The highest BCUT2D eigenvalue weighted by atomic mass is 19.4. The minimum atomic E-state index is -4.57. The SMILES string of the molecule is Cc1cc(C)nc(O[C@H](C(=O)O)[C@](OCc2ccccc2)(c2ccccc2)c2ccc(C(F)(F)F)cc2)n1. The maximum atomic E-state index is 13.4. The molecule has 0 unspecified atom stereocenters. The van der Waals surface area contributed by atoms with Gasteiger partial charge in [0.05, 0.1) is 12.2 Å². The summed E-state index contributed by atoms with van der Waals surface area (Å²) in [6, 6.07) is 23.1. The van der Waals surface area contributed by atoms with Gasteiger partial charge in [0.1, 0.15) is 0 Å². The molecule has 0 spiro atoms. The van der Waals surface area contributed by atoms with Crippen LogP contribution in [-0.2, 0) is 27.9 Å². The van der Waals surface area contributed by atoms with Crippen LogP contribution in [0.3, 0.4) is 0 Å². The quantitative estimate of drug-likeness (QED) is 0.286. The summed E-state index contributed by atoms with van der Waals surface area (Å²) in [7, 11) is 0. The fraction of sp³-hybridized carbons (Fsp3) is 0.207. The van der Waals surface area contributed by atoms with Crippen LogP contribution < -0.4 is 4.74 Å². The second-order valence-electron chi connectivity index (χ2n) is 8.72. The van der Waals surface area contributed by atoms with Crippen LogP contribution in [0, 0.1) is 13.8 Å². The van der Waals surface area contributed by atoms with Gasteiger partial charge in [-0.25, -0.2) is 14.8 Å². The normalized spacial score (nSPS) is 13.9. The Hall–Kier alpha value is -4.24. The van der Waals surface area contributed by atoms with Crippen molar-refractivity contribution in [2.45, 2.75) is 38.3 Å². The Balaban J connectivity index is 1.93. The van der Waals surface area contributed by atoms with Gasteiger partial charge in [-0.15, -0.1) is 0 Å². The average molecular weight is 523 g/mol. The maximum absolute atomic E-state index is 13.4. The van der Waals surface area contributed by atoms with Crippen molar-refractivity contribution in [2.24, 2.45) is 0 Å². The molecule has 196 valence electrons. The zero-order valence-electron chi connectivity index (χ0n) is 20.6. The zero-order chi connectivity index (χ0) is 27.3. The summed E-state index contributed by atoms with van der Waals surface area (Å²) in [5, 5.41) is 10.5. The van der Waals surface area contributed by atoms with Crippen molar-refractivity contribution in [1.29, 1.82) is 0 Å². The first-order valence-electron chi connectivity index (χ1n) is 11.7. The number of carbonyl (C=O) groups is 1. The number of ether oxygens (including phenoxy) is 2. The number of halogens is 3. The van der Waals surface area contributed by atoms with Crippen molar-refractivity contribution < 1.29 is 32.5 Å². The third-order valence-electron chi connectivity index (χ3n) is 5.93. The summed E-state index contributed by atoms with van der Waals surface area (Å²) >= 11 is 0. The number of carboxylic acids is 1. The summed E-state index contributed by atoms with van der Waals surface area (Å²) in [4.78, 5) is 21.3. The molecule has 6 nitrogen and oxygen atoms in total. The zero-order valence-corrected chi connectivity index (χ0v) is 20.6. The molecule has 4 rings (SSSR count). The number of aliphatic carboxylic acids is 1. The van der Waals surface area contributed by atoms with E-state index in [9.17, 15) is 23.1 Å². The van der Waals surface area contributed by atoms with Crippen LogP contribution in [0.15, 0.2) is 91.0 Å². The Morgan fingerprint density at radius 3 is 1.84 bits per heavy atom. The molecule has 4 aromatic rings. The lowest BCUT2D eigenvalue weighted by molar-refractivity contribution is -0.166. The van der Waals surface area contributed by atoms with Crippen molar-refractivity contribution in [1.82, 2.24) is 9.97 Å². The van der Waals surface area contributed by atoms with Crippen molar-refractivity contribution in [2.75, 3.05) is 0 Å². The molecule has 3 aromatic carbocycles. The molecule has 0 amide bonds. The van der Waals surface area contributed by atoms with Crippen molar-refractivity contribution in [3.63, 3.8) is 0 Å². The molecule has 2 atom stereocenters. The van der Waals surface area contributed by atoms with Crippen LogP contribution in [0.5, 0.6) is 6.01 Å². The van der Waals surface area contributed by atoms with Crippen LogP contribution >= 0.6 is 0 Å². The lowest BCUT2D eigenvalue weighted by Crippen LogP contribution is -2.51. The average Bonchev–Trinajstić information content (AvgIpc) is 2.88. The van der Waals surface area contributed by atoms with Crippen LogP contribution in [0.4, 0.5) is 13.2 Å². The number of hydrogen-bond donors (Lipinski definition) is 1. The molecule has 9 heteroatoms. The topological polar surface area (TPSA) is 81.5 Å². The fourth-order valence-corrected chi connectivity index (χ4v) is 4.23. The molecule has 38 heavy (non-hydrogen) atoms. The number of alkyl halides is 3.